The summed E-state index contributed by atoms with van der Waals surface area (Å²) in [4.78, 5) is 45.8. The van der Waals surface area contributed by atoms with Gasteiger partial charge in [-0.25, -0.2) is 14.6 Å². The van der Waals surface area contributed by atoms with Gasteiger partial charge in [0, 0.05) is 22.6 Å². The van der Waals surface area contributed by atoms with Crippen LogP contribution in [-0.4, -0.2) is 64.3 Å². The molecule has 0 radical (unpaired) electrons. The number of hydrogen-bond donors (Lipinski definition) is 2. The average molecular weight is 586 g/mol. The molecule has 2 aliphatic heterocycles. The number of nitrogens with one attached hydrogen (secondary N) is 1. The Hall–Kier alpha value is -4.14. The van der Waals surface area contributed by atoms with Crippen LogP contribution in [-0.2, 0) is 14.3 Å². The number of hydrogen-bond acceptors (Lipinski definition) is 6. The van der Waals surface area contributed by atoms with Gasteiger partial charge in [0.15, 0.2) is 0 Å². The van der Waals surface area contributed by atoms with Crippen molar-refractivity contribution in [1.29, 1.82) is 0 Å². The largest absolute Gasteiger partial charge is 0.480 e. The van der Waals surface area contributed by atoms with Gasteiger partial charge in [0.2, 0.25) is 11.8 Å². The molecule has 1 aliphatic carbocycles. The van der Waals surface area contributed by atoms with Crippen molar-refractivity contribution in [2.45, 2.75) is 77.0 Å². The first-order valence-electron chi connectivity index (χ1n) is 15.3. The van der Waals surface area contributed by atoms with E-state index in [-0.39, 0.29) is 30.9 Å². The summed E-state index contributed by atoms with van der Waals surface area (Å²) in [5, 5.41) is 15.8. The molecule has 0 unspecified atom stereocenters. The van der Waals surface area contributed by atoms with Crippen molar-refractivity contribution in [3.05, 3.63) is 54.1 Å². The summed E-state index contributed by atoms with van der Waals surface area (Å²) in [6.07, 6.45) is 8.22. The Morgan fingerprint density at radius 2 is 1.84 bits per heavy atom. The first-order valence-corrected chi connectivity index (χ1v) is 15.3. The van der Waals surface area contributed by atoms with Crippen LogP contribution in [0.15, 0.2) is 48.5 Å². The Morgan fingerprint density at radius 3 is 2.63 bits per heavy atom. The first-order chi connectivity index (χ1) is 20.7. The van der Waals surface area contributed by atoms with E-state index in [4.69, 9.17) is 14.5 Å². The highest BCUT2D eigenvalue weighted by atomic mass is 16.5. The van der Waals surface area contributed by atoms with Gasteiger partial charge in [0.05, 0.1) is 18.7 Å². The molecule has 3 heterocycles. The van der Waals surface area contributed by atoms with Crippen molar-refractivity contribution in [3.63, 3.8) is 0 Å². The van der Waals surface area contributed by atoms with E-state index in [9.17, 15) is 19.5 Å². The molecule has 2 aromatic carbocycles. The molecule has 226 valence electrons. The van der Waals surface area contributed by atoms with Crippen LogP contribution in [0.5, 0.6) is 5.88 Å². The highest BCUT2D eigenvalue weighted by Crippen LogP contribution is 2.35. The fourth-order valence-electron chi connectivity index (χ4n) is 6.68. The molecule has 1 saturated heterocycles. The van der Waals surface area contributed by atoms with Gasteiger partial charge in [0.25, 0.3) is 0 Å². The molecule has 9 nitrogen and oxygen atoms in total. The van der Waals surface area contributed by atoms with Crippen LogP contribution in [0.2, 0.25) is 0 Å². The van der Waals surface area contributed by atoms with Gasteiger partial charge in [-0.15, -0.1) is 0 Å². The van der Waals surface area contributed by atoms with Crippen molar-refractivity contribution >= 4 is 45.7 Å². The molecule has 3 atom stereocenters. The van der Waals surface area contributed by atoms with Crippen LogP contribution in [0.3, 0.4) is 0 Å². The second-order valence-electron chi connectivity index (χ2n) is 12.9. The van der Waals surface area contributed by atoms with E-state index < -0.39 is 36.2 Å². The number of carbonyl (C=O) groups is 3. The molecule has 2 fully saturated rings. The number of pyridine rings is 1. The molecule has 43 heavy (non-hydrogen) atoms. The number of nitrogens with zero attached hydrogens (tertiary/aromatic N) is 2. The molecule has 4 bridgehead atoms. The zero-order valence-electron chi connectivity index (χ0n) is 24.8. The predicted octanol–water partition coefficient (Wildman–Crippen LogP) is 5.94. The van der Waals surface area contributed by atoms with E-state index in [1.54, 1.807) is 0 Å². The highest BCUT2D eigenvalue weighted by Gasteiger charge is 2.45. The molecular weight excluding hydrogens is 546 g/mol. The number of carbonyl (C=O) groups excluding carboxylic acids is 2. The summed E-state index contributed by atoms with van der Waals surface area (Å²) in [5.41, 5.74) is 1.40. The number of alkyl carbamates (subject to hydrolysis) is 1. The standard InChI is InChI=1S/C34H39N3O6/c1-34(2)16-8-9-21-14-15-24-25-12-6-7-13-27(25)35-30(26(24)17-21)43-23-18-28(32(39)40)37(19-23)31(38)29(36-33(41)42-20-34)22-10-4-3-5-11-22/h6-9,12-15,17,22-23,28-29H,3-5,10-11,16,18-20H2,1-2H3,(H,36,41)(H,39,40)/b9-8+/t23-,28+,29+/m1/s1. The van der Waals surface area contributed by atoms with Gasteiger partial charge in [-0.1, -0.05) is 75.6 Å². The van der Waals surface area contributed by atoms with Crippen molar-refractivity contribution in [2.75, 3.05) is 13.2 Å². The number of allylic oxidation sites excluding steroid dienone is 1. The summed E-state index contributed by atoms with van der Waals surface area (Å²) in [7, 11) is 0. The lowest BCUT2D eigenvalue weighted by Crippen LogP contribution is -2.55. The molecule has 9 heteroatoms. The zero-order valence-corrected chi connectivity index (χ0v) is 24.8. The third kappa shape index (κ3) is 6.17. The number of carboxylic acid groups (broad SMARTS) is 1. The number of fused-ring (bicyclic) bond motifs is 5. The normalized spacial score (nSPS) is 25.9. The number of amides is 2. The molecule has 1 aromatic heterocycles. The van der Waals surface area contributed by atoms with E-state index in [0.717, 1.165) is 59.3 Å². The van der Waals surface area contributed by atoms with Crippen molar-refractivity contribution in [3.8, 4) is 5.88 Å². The van der Waals surface area contributed by atoms with Gasteiger partial charge >= 0.3 is 12.1 Å². The SMILES string of the molecule is CC1(C)C/C=C/c2ccc3c(c2)c(nc2ccccc23)O[C@@H]2C[C@@H](C(=O)O)N(C2)C(=O)[C@H](C2CCCCC2)NC(=O)OC1. The lowest BCUT2D eigenvalue weighted by atomic mass is 9.83. The van der Waals surface area contributed by atoms with Crippen LogP contribution in [0.1, 0.15) is 64.4 Å². The molecule has 2 N–H and O–H groups in total. The monoisotopic (exact) mass is 585 g/mol. The predicted molar refractivity (Wildman–Crippen MR) is 164 cm³/mol. The highest BCUT2D eigenvalue weighted by molar-refractivity contribution is 6.08. The molecule has 3 aliphatic rings. The topological polar surface area (TPSA) is 118 Å². The van der Waals surface area contributed by atoms with Crippen LogP contribution < -0.4 is 10.1 Å². The minimum absolute atomic E-state index is 0.0817. The Morgan fingerprint density at radius 1 is 1.05 bits per heavy atom. The lowest BCUT2D eigenvalue weighted by Gasteiger charge is -2.34. The zero-order chi connectivity index (χ0) is 30.1. The lowest BCUT2D eigenvalue weighted by molar-refractivity contribution is -0.149. The quantitative estimate of drug-likeness (QED) is 0.358. The van der Waals surface area contributed by atoms with Gasteiger partial charge < -0.3 is 24.8 Å². The fraction of sp³-hybridized carbons (Fsp3) is 0.471. The summed E-state index contributed by atoms with van der Waals surface area (Å²) >= 11 is 0. The van der Waals surface area contributed by atoms with E-state index in [0.29, 0.717) is 12.3 Å². The number of ether oxygens (including phenoxy) is 2. The number of aliphatic carboxylic acids is 1. The van der Waals surface area contributed by atoms with Crippen LogP contribution >= 0.6 is 0 Å². The summed E-state index contributed by atoms with van der Waals surface area (Å²) in [5.74, 6) is -1.17. The molecule has 0 spiro atoms. The van der Waals surface area contributed by atoms with Gasteiger partial charge in [-0.3, -0.25) is 4.79 Å². The Balaban J connectivity index is 1.42. The summed E-state index contributed by atoms with van der Waals surface area (Å²) in [6, 6.07) is 12.1. The maximum Gasteiger partial charge on any atom is 0.407 e. The summed E-state index contributed by atoms with van der Waals surface area (Å²) < 4.78 is 12.1. The first kappa shape index (κ1) is 29.0. The smallest absolute Gasteiger partial charge is 0.407 e. The maximum absolute atomic E-state index is 14.1. The number of rotatable bonds is 2. The number of benzene rings is 2. The van der Waals surface area contributed by atoms with Crippen molar-refractivity contribution < 1.29 is 29.0 Å². The van der Waals surface area contributed by atoms with Gasteiger partial charge in [-0.05, 0) is 48.3 Å². The minimum atomic E-state index is -1.10. The van der Waals surface area contributed by atoms with Gasteiger partial charge in [0.1, 0.15) is 18.2 Å². The molecule has 2 amide bonds. The fourth-order valence-corrected chi connectivity index (χ4v) is 6.68. The summed E-state index contributed by atoms with van der Waals surface area (Å²) in [6.45, 7) is 4.30. The minimum Gasteiger partial charge on any atom is -0.480 e. The molecule has 3 aromatic rings. The number of cyclic esters (lactones) is 1. The third-order valence-electron chi connectivity index (χ3n) is 9.03. The number of aromatic nitrogens is 1. The van der Waals surface area contributed by atoms with E-state index >= 15 is 0 Å². The van der Waals surface area contributed by atoms with Crippen molar-refractivity contribution in [1.82, 2.24) is 15.2 Å². The number of para-hydroxylation sites is 1. The third-order valence-corrected chi connectivity index (χ3v) is 9.03. The van der Waals surface area contributed by atoms with Crippen LogP contribution in [0.25, 0.3) is 27.8 Å². The van der Waals surface area contributed by atoms with Crippen molar-refractivity contribution in [2.24, 2.45) is 11.3 Å². The number of carboxylic acids is 1. The average Bonchev–Trinajstić information content (AvgIpc) is 3.43. The Kier molecular flexibility index (Phi) is 7.99. The Bertz CT molecular complexity index is 1580. The Labute approximate surface area is 251 Å². The molecule has 6 rings (SSSR count). The van der Waals surface area contributed by atoms with E-state index in [1.807, 2.05) is 56.3 Å². The van der Waals surface area contributed by atoms with E-state index in [1.165, 1.54) is 4.90 Å². The second kappa shape index (κ2) is 11.9. The molecule has 1 saturated carbocycles. The maximum atomic E-state index is 14.1. The van der Waals surface area contributed by atoms with Gasteiger partial charge in [-0.2, -0.15) is 0 Å². The van der Waals surface area contributed by atoms with Crippen LogP contribution in [0.4, 0.5) is 4.79 Å². The second-order valence-corrected chi connectivity index (χ2v) is 12.9. The molecular formula is C34H39N3O6. The van der Waals surface area contributed by atoms with E-state index in [2.05, 4.69) is 17.5 Å². The van der Waals surface area contributed by atoms with Crippen LogP contribution in [0, 0.1) is 11.3 Å².